The van der Waals surface area contributed by atoms with Crippen molar-refractivity contribution in [2.24, 2.45) is 4.99 Å². The molecule has 0 unspecified atom stereocenters. The average molecular weight is 494 g/mol. The molecule has 150 valence electrons. The second kappa shape index (κ2) is 11.5. The molecule has 0 spiro atoms. The van der Waals surface area contributed by atoms with Crippen molar-refractivity contribution in [2.75, 3.05) is 38.2 Å². The summed E-state index contributed by atoms with van der Waals surface area (Å²) in [5.74, 6) is 1.47. The Morgan fingerprint density at radius 2 is 1.86 bits per heavy atom. The number of nitrogens with one attached hydrogen (secondary N) is 2. The van der Waals surface area contributed by atoms with Gasteiger partial charge in [-0.25, -0.2) is 0 Å². The molecule has 1 aliphatic rings. The summed E-state index contributed by atoms with van der Waals surface area (Å²) >= 11 is 0. The van der Waals surface area contributed by atoms with Crippen LogP contribution in [-0.4, -0.2) is 45.2 Å². The third kappa shape index (κ3) is 6.12. The molecule has 2 aromatic rings. The van der Waals surface area contributed by atoms with Gasteiger partial charge in [0, 0.05) is 19.3 Å². The first kappa shape index (κ1) is 22.0. The van der Waals surface area contributed by atoms with Crippen molar-refractivity contribution in [3.63, 3.8) is 0 Å². The number of para-hydroxylation sites is 2. The van der Waals surface area contributed by atoms with Crippen LogP contribution in [0.4, 0.5) is 5.69 Å². The largest absolute Gasteiger partial charge is 0.492 e. The molecule has 0 saturated heterocycles. The summed E-state index contributed by atoms with van der Waals surface area (Å²) in [6, 6.07) is 17.8. The van der Waals surface area contributed by atoms with Crippen molar-refractivity contribution < 1.29 is 9.53 Å². The molecule has 6 nitrogen and oxygen atoms in total. The number of ether oxygens (including phenoxy) is 1. The molecule has 1 amide bonds. The van der Waals surface area contributed by atoms with Gasteiger partial charge >= 0.3 is 0 Å². The number of fused-ring (bicyclic) bond motifs is 1. The van der Waals surface area contributed by atoms with Gasteiger partial charge in [-0.15, -0.1) is 24.0 Å². The van der Waals surface area contributed by atoms with Crippen LogP contribution in [0.5, 0.6) is 5.75 Å². The van der Waals surface area contributed by atoms with Gasteiger partial charge in [-0.2, -0.15) is 0 Å². The predicted molar refractivity (Wildman–Crippen MR) is 124 cm³/mol. The second-order valence-electron chi connectivity index (χ2n) is 6.29. The Morgan fingerprint density at radius 3 is 2.64 bits per heavy atom. The highest BCUT2D eigenvalue weighted by molar-refractivity contribution is 14.0. The zero-order chi connectivity index (χ0) is 18.9. The molecule has 0 aliphatic carbocycles. The van der Waals surface area contributed by atoms with E-state index in [1.54, 1.807) is 7.05 Å². The molecule has 28 heavy (non-hydrogen) atoms. The van der Waals surface area contributed by atoms with Crippen LogP contribution in [0.3, 0.4) is 0 Å². The standard InChI is InChI=1S/C21H26N4O2.HI/c1-22-21(23-13-15-27-18-10-3-2-4-11-18)24-16-20(26)25-14-7-9-17-8-5-6-12-19(17)25;/h2-6,8,10-12H,7,9,13-16H2,1H3,(H2,22,23,24);1H. The van der Waals surface area contributed by atoms with E-state index in [0.29, 0.717) is 19.1 Å². The van der Waals surface area contributed by atoms with E-state index in [0.717, 1.165) is 30.8 Å². The Balaban J connectivity index is 0.00000280. The van der Waals surface area contributed by atoms with E-state index < -0.39 is 0 Å². The average Bonchev–Trinajstić information content (AvgIpc) is 2.73. The number of guanidine groups is 1. The number of aliphatic imine (C=N–C) groups is 1. The number of hydrogen-bond acceptors (Lipinski definition) is 3. The minimum Gasteiger partial charge on any atom is -0.492 e. The fourth-order valence-corrected chi connectivity index (χ4v) is 3.12. The van der Waals surface area contributed by atoms with Crippen molar-refractivity contribution in [3.05, 3.63) is 60.2 Å². The summed E-state index contributed by atoms with van der Waals surface area (Å²) in [4.78, 5) is 18.7. The lowest BCUT2D eigenvalue weighted by Crippen LogP contribution is -2.46. The Hall–Kier alpha value is -2.29. The maximum Gasteiger partial charge on any atom is 0.246 e. The fourth-order valence-electron chi connectivity index (χ4n) is 3.12. The lowest BCUT2D eigenvalue weighted by atomic mass is 10.0. The third-order valence-electron chi connectivity index (χ3n) is 4.45. The molecule has 0 atom stereocenters. The Labute approximate surface area is 183 Å². The monoisotopic (exact) mass is 494 g/mol. The zero-order valence-electron chi connectivity index (χ0n) is 16.1. The quantitative estimate of drug-likeness (QED) is 0.281. The highest BCUT2D eigenvalue weighted by Crippen LogP contribution is 2.26. The summed E-state index contributed by atoms with van der Waals surface area (Å²) in [6.45, 7) is 2.06. The summed E-state index contributed by atoms with van der Waals surface area (Å²) < 4.78 is 5.64. The number of rotatable bonds is 6. The Bertz CT molecular complexity index is 783. The molecular weight excluding hydrogens is 467 g/mol. The van der Waals surface area contributed by atoms with Crippen LogP contribution in [0.25, 0.3) is 0 Å². The molecule has 0 radical (unpaired) electrons. The van der Waals surface area contributed by atoms with Crippen molar-refractivity contribution in [1.82, 2.24) is 10.6 Å². The van der Waals surface area contributed by atoms with Crippen LogP contribution in [0.15, 0.2) is 59.6 Å². The molecule has 0 bridgehead atoms. The molecule has 1 heterocycles. The van der Waals surface area contributed by atoms with Crippen LogP contribution in [-0.2, 0) is 11.2 Å². The molecule has 1 aliphatic heterocycles. The van der Waals surface area contributed by atoms with Gasteiger partial charge < -0.3 is 20.3 Å². The number of nitrogens with zero attached hydrogens (tertiary/aromatic N) is 2. The van der Waals surface area contributed by atoms with Gasteiger partial charge in [-0.1, -0.05) is 36.4 Å². The van der Waals surface area contributed by atoms with Gasteiger partial charge in [-0.3, -0.25) is 9.79 Å². The summed E-state index contributed by atoms with van der Waals surface area (Å²) in [5, 5.41) is 6.25. The fraction of sp³-hybridized carbons (Fsp3) is 0.333. The van der Waals surface area contributed by atoms with E-state index in [1.807, 2.05) is 53.4 Å². The van der Waals surface area contributed by atoms with Crippen molar-refractivity contribution in [3.8, 4) is 5.75 Å². The normalized spacial score (nSPS) is 13.2. The molecule has 7 heteroatoms. The molecule has 3 rings (SSSR count). The van der Waals surface area contributed by atoms with E-state index in [-0.39, 0.29) is 36.4 Å². The SMILES string of the molecule is CN=C(NCCOc1ccccc1)NCC(=O)N1CCCc2ccccc21.I. The van der Waals surface area contributed by atoms with Crippen LogP contribution >= 0.6 is 24.0 Å². The molecule has 2 N–H and O–H groups in total. The van der Waals surface area contributed by atoms with E-state index in [4.69, 9.17) is 4.74 Å². The smallest absolute Gasteiger partial charge is 0.246 e. The van der Waals surface area contributed by atoms with Crippen LogP contribution in [0.1, 0.15) is 12.0 Å². The van der Waals surface area contributed by atoms with Crippen LogP contribution in [0, 0.1) is 0 Å². The van der Waals surface area contributed by atoms with Crippen molar-refractivity contribution >= 4 is 41.5 Å². The zero-order valence-corrected chi connectivity index (χ0v) is 18.4. The summed E-state index contributed by atoms with van der Waals surface area (Å²) in [5.41, 5.74) is 2.26. The maximum absolute atomic E-state index is 12.7. The highest BCUT2D eigenvalue weighted by atomic mass is 127. The Kier molecular flexibility index (Phi) is 9.06. The van der Waals surface area contributed by atoms with Crippen LogP contribution < -0.4 is 20.3 Å². The topological polar surface area (TPSA) is 66.0 Å². The first-order valence-electron chi connectivity index (χ1n) is 9.28. The van der Waals surface area contributed by atoms with Crippen molar-refractivity contribution in [1.29, 1.82) is 0 Å². The number of halogens is 1. The first-order chi connectivity index (χ1) is 13.3. The summed E-state index contributed by atoms with van der Waals surface area (Å²) in [7, 11) is 1.69. The minimum absolute atomic E-state index is 0. The number of carbonyl (C=O) groups is 1. The van der Waals surface area contributed by atoms with Gasteiger partial charge in [-0.05, 0) is 36.6 Å². The number of anilines is 1. The number of benzene rings is 2. The van der Waals surface area contributed by atoms with Gasteiger partial charge in [0.1, 0.15) is 12.4 Å². The lowest BCUT2D eigenvalue weighted by molar-refractivity contribution is -0.117. The van der Waals surface area contributed by atoms with Gasteiger partial charge in [0.25, 0.3) is 0 Å². The highest BCUT2D eigenvalue weighted by Gasteiger charge is 2.21. The van der Waals surface area contributed by atoms with E-state index in [9.17, 15) is 4.79 Å². The van der Waals surface area contributed by atoms with Crippen molar-refractivity contribution in [2.45, 2.75) is 12.8 Å². The van der Waals surface area contributed by atoms with E-state index in [2.05, 4.69) is 21.7 Å². The van der Waals surface area contributed by atoms with E-state index >= 15 is 0 Å². The molecule has 0 aromatic heterocycles. The van der Waals surface area contributed by atoms with Gasteiger partial charge in [0.2, 0.25) is 5.91 Å². The molecule has 0 fully saturated rings. The number of aryl methyl sites for hydroxylation is 1. The third-order valence-corrected chi connectivity index (χ3v) is 4.45. The van der Waals surface area contributed by atoms with E-state index in [1.165, 1.54) is 5.56 Å². The van der Waals surface area contributed by atoms with Gasteiger partial charge in [0.05, 0.1) is 13.1 Å². The summed E-state index contributed by atoms with van der Waals surface area (Å²) in [6.07, 6.45) is 2.02. The van der Waals surface area contributed by atoms with Crippen LogP contribution in [0.2, 0.25) is 0 Å². The second-order valence-corrected chi connectivity index (χ2v) is 6.29. The first-order valence-corrected chi connectivity index (χ1v) is 9.28. The number of hydrogen-bond donors (Lipinski definition) is 2. The molecule has 0 saturated carbocycles. The maximum atomic E-state index is 12.7. The number of carbonyl (C=O) groups excluding carboxylic acids is 1. The Morgan fingerprint density at radius 1 is 1.11 bits per heavy atom. The predicted octanol–water partition coefficient (Wildman–Crippen LogP) is 2.83. The molecule has 2 aromatic carbocycles. The lowest BCUT2D eigenvalue weighted by Gasteiger charge is -2.29. The number of amides is 1. The molecular formula is C21H27IN4O2. The van der Waals surface area contributed by atoms with Gasteiger partial charge in [0.15, 0.2) is 5.96 Å². The minimum atomic E-state index is 0.